The van der Waals surface area contributed by atoms with Crippen LogP contribution in [0.5, 0.6) is 0 Å². The van der Waals surface area contributed by atoms with Gasteiger partial charge in [0.25, 0.3) is 11.5 Å². The summed E-state index contributed by atoms with van der Waals surface area (Å²) < 4.78 is 1.98. The van der Waals surface area contributed by atoms with Gasteiger partial charge in [-0.25, -0.2) is 0 Å². The van der Waals surface area contributed by atoms with E-state index in [4.69, 9.17) is 23.8 Å². The number of thiocarbonyl (C=S) groups is 1. The predicted molar refractivity (Wildman–Crippen MR) is 146 cm³/mol. The number of anilines is 1. The molecule has 1 amide bonds. The Bertz CT molecular complexity index is 1320. The molecule has 3 heterocycles. The summed E-state index contributed by atoms with van der Waals surface area (Å²) in [7, 11) is 1.68. The molecular weight excluding hydrogens is 502 g/mol. The van der Waals surface area contributed by atoms with E-state index in [1.165, 1.54) is 21.2 Å². The highest BCUT2D eigenvalue weighted by atomic mass is 35.5. The Kier molecular flexibility index (Phi) is 7.67. The van der Waals surface area contributed by atoms with Crippen molar-refractivity contribution in [2.24, 2.45) is 7.05 Å². The van der Waals surface area contributed by atoms with Crippen LogP contribution in [0.15, 0.2) is 34.0 Å². The molecule has 7 nitrogen and oxygen atoms in total. The number of benzene rings is 1. The van der Waals surface area contributed by atoms with Crippen molar-refractivity contribution in [3.8, 4) is 6.07 Å². The molecule has 2 saturated heterocycles. The fraction of sp³-hybridized carbons (Fsp3) is 0.360. The summed E-state index contributed by atoms with van der Waals surface area (Å²) in [6, 6.07) is 9.42. The molecule has 0 radical (unpaired) electrons. The number of carbonyl (C=O) groups excluding carboxylic acids is 1. The average Bonchev–Trinajstić information content (AvgIpc) is 3.12. The van der Waals surface area contributed by atoms with E-state index in [9.17, 15) is 14.9 Å². The van der Waals surface area contributed by atoms with Crippen molar-refractivity contribution >= 4 is 57.7 Å². The van der Waals surface area contributed by atoms with E-state index in [1.54, 1.807) is 26.1 Å². The molecule has 1 aromatic heterocycles. The van der Waals surface area contributed by atoms with E-state index in [-0.39, 0.29) is 23.6 Å². The summed E-state index contributed by atoms with van der Waals surface area (Å²) >= 11 is 13.1. The van der Waals surface area contributed by atoms with Crippen molar-refractivity contribution in [2.75, 3.05) is 37.6 Å². The van der Waals surface area contributed by atoms with Crippen molar-refractivity contribution in [2.45, 2.75) is 20.4 Å². The second kappa shape index (κ2) is 10.5. The molecule has 2 fully saturated rings. The molecular formula is C25H26ClN5O2S2. The molecule has 2 aromatic rings. The fourth-order valence-electron chi connectivity index (χ4n) is 4.43. The number of halogens is 1. The van der Waals surface area contributed by atoms with E-state index in [0.717, 1.165) is 44.1 Å². The predicted octanol–water partition coefficient (Wildman–Crippen LogP) is 3.76. The van der Waals surface area contributed by atoms with Gasteiger partial charge in [-0.3, -0.25) is 19.1 Å². The van der Waals surface area contributed by atoms with Gasteiger partial charge >= 0.3 is 0 Å². The lowest BCUT2D eigenvalue weighted by atomic mass is 10.0. The SMILES string of the molecule is CCN1CCN(c2c(/C=C3/SC(=S)N(Cc4ccccc4Cl)C3=O)c(C)c(C#N)c(=O)n2C)CC1. The molecule has 0 atom stereocenters. The highest BCUT2D eigenvalue weighted by Gasteiger charge is 2.33. The molecule has 0 aliphatic carbocycles. The number of pyridine rings is 1. The Morgan fingerprint density at radius 1 is 1.20 bits per heavy atom. The minimum Gasteiger partial charge on any atom is -0.355 e. The number of hydrogen-bond acceptors (Lipinski definition) is 7. The summed E-state index contributed by atoms with van der Waals surface area (Å²) in [5.41, 5.74) is 1.83. The molecule has 2 aliphatic rings. The molecule has 2 aliphatic heterocycles. The standard InChI is InChI=1S/C25H26ClN5O2S2/c1-4-29-9-11-30(12-10-29)22-18(16(2)19(14-27)23(32)28(22)3)13-21-24(33)31(25(34)35-21)15-17-7-5-6-8-20(17)26/h5-8,13H,4,9-12,15H2,1-3H3/b21-13+. The fourth-order valence-corrected chi connectivity index (χ4v) is 5.87. The van der Waals surface area contributed by atoms with E-state index in [2.05, 4.69) is 22.8 Å². The van der Waals surface area contributed by atoms with Crippen LogP contribution in [-0.2, 0) is 18.4 Å². The molecule has 182 valence electrons. The van der Waals surface area contributed by atoms with Gasteiger partial charge in [-0.05, 0) is 36.7 Å². The van der Waals surface area contributed by atoms with Crippen LogP contribution in [0.25, 0.3) is 6.08 Å². The maximum absolute atomic E-state index is 13.4. The van der Waals surface area contributed by atoms with Gasteiger partial charge in [0, 0.05) is 43.8 Å². The molecule has 0 N–H and O–H groups in total. The number of rotatable bonds is 5. The van der Waals surface area contributed by atoms with Gasteiger partial charge in [0.2, 0.25) is 0 Å². The molecule has 10 heteroatoms. The quantitative estimate of drug-likeness (QED) is 0.433. The van der Waals surface area contributed by atoms with Crippen molar-refractivity contribution in [3.05, 3.63) is 66.8 Å². The van der Waals surface area contributed by atoms with E-state index >= 15 is 0 Å². The van der Waals surface area contributed by atoms with Crippen LogP contribution < -0.4 is 10.5 Å². The van der Waals surface area contributed by atoms with Gasteiger partial charge in [-0.1, -0.05) is 60.7 Å². The number of piperazine rings is 1. The Hall–Kier alpha value is -2.64. The van der Waals surface area contributed by atoms with Crippen LogP contribution in [-0.4, -0.2) is 57.3 Å². The van der Waals surface area contributed by atoms with Crippen molar-refractivity contribution in [1.82, 2.24) is 14.4 Å². The van der Waals surface area contributed by atoms with E-state index < -0.39 is 0 Å². The Balaban J connectivity index is 1.76. The molecule has 0 saturated carbocycles. The average molecular weight is 528 g/mol. The maximum atomic E-state index is 13.4. The summed E-state index contributed by atoms with van der Waals surface area (Å²) in [6.07, 6.45) is 1.78. The second-order valence-electron chi connectivity index (χ2n) is 8.49. The van der Waals surface area contributed by atoms with Gasteiger partial charge in [-0.2, -0.15) is 5.26 Å². The summed E-state index contributed by atoms with van der Waals surface area (Å²) in [5.74, 6) is 0.507. The Labute approximate surface area is 219 Å². The molecule has 4 rings (SSSR count). The van der Waals surface area contributed by atoms with Crippen molar-refractivity contribution < 1.29 is 4.79 Å². The normalized spacial score (nSPS) is 18.0. The third-order valence-electron chi connectivity index (χ3n) is 6.52. The third-order valence-corrected chi connectivity index (χ3v) is 8.27. The number of amides is 1. The number of likely N-dealkylation sites (N-methyl/N-ethyl adjacent to an activating group) is 1. The zero-order valence-corrected chi connectivity index (χ0v) is 22.3. The zero-order valence-electron chi connectivity index (χ0n) is 19.9. The number of nitriles is 1. The van der Waals surface area contributed by atoms with Gasteiger partial charge in [0.15, 0.2) is 0 Å². The highest BCUT2D eigenvalue weighted by molar-refractivity contribution is 8.26. The smallest absolute Gasteiger partial charge is 0.270 e. The highest BCUT2D eigenvalue weighted by Crippen LogP contribution is 2.37. The first-order valence-electron chi connectivity index (χ1n) is 11.4. The van der Waals surface area contributed by atoms with Gasteiger partial charge in [0.1, 0.15) is 21.8 Å². The zero-order chi connectivity index (χ0) is 25.3. The largest absolute Gasteiger partial charge is 0.355 e. The number of aromatic nitrogens is 1. The van der Waals surface area contributed by atoms with Crippen molar-refractivity contribution in [3.63, 3.8) is 0 Å². The lowest BCUT2D eigenvalue weighted by Crippen LogP contribution is -2.48. The number of hydrogen-bond donors (Lipinski definition) is 0. The first-order valence-corrected chi connectivity index (χ1v) is 13.0. The summed E-state index contributed by atoms with van der Waals surface area (Å²) in [6.45, 7) is 8.41. The number of nitrogens with zero attached hydrogens (tertiary/aromatic N) is 5. The van der Waals surface area contributed by atoms with E-state index in [1.807, 2.05) is 18.2 Å². The van der Waals surface area contributed by atoms with Crippen LogP contribution in [0.3, 0.4) is 0 Å². The van der Waals surface area contributed by atoms with Crippen LogP contribution in [0, 0.1) is 18.3 Å². The monoisotopic (exact) mass is 527 g/mol. The molecule has 1 aromatic carbocycles. The summed E-state index contributed by atoms with van der Waals surface area (Å²) in [5, 5.41) is 10.3. The minimum atomic E-state index is -0.332. The van der Waals surface area contributed by atoms with Crippen LogP contribution in [0.4, 0.5) is 5.82 Å². The molecule has 0 spiro atoms. The van der Waals surface area contributed by atoms with Gasteiger partial charge in [0.05, 0.1) is 11.4 Å². The Morgan fingerprint density at radius 2 is 1.89 bits per heavy atom. The lowest BCUT2D eigenvalue weighted by Gasteiger charge is -2.37. The first kappa shape index (κ1) is 25.5. The topological polar surface area (TPSA) is 72.6 Å². The lowest BCUT2D eigenvalue weighted by molar-refractivity contribution is -0.122. The maximum Gasteiger partial charge on any atom is 0.270 e. The molecule has 35 heavy (non-hydrogen) atoms. The Morgan fingerprint density at radius 3 is 2.51 bits per heavy atom. The summed E-state index contributed by atoms with van der Waals surface area (Å²) in [4.78, 5) is 32.9. The second-order valence-corrected chi connectivity index (χ2v) is 10.6. The minimum absolute atomic E-state index is 0.0845. The molecule has 0 unspecified atom stereocenters. The third kappa shape index (κ3) is 4.89. The van der Waals surface area contributed by atoms with Crippen LogP contribution >= 0.6 is 35.6 Å². The van der Waals surface area contributed by atoms with Crippen molar-refractivity contribution in [1.29, 1.82) is 5.26 Å². The molecule has 0 bridgehead atoms. The first-order chi connectivity index (χ1) is 16.8. The number of thioether (sulfide) groups is 1. The van der Waals surface area contributed by atoms with Crippen LogP contribution in [0.2, 0.25) is 5.02 Å². The van der Waals surface area contributed by atoms with Gasteiger partial charge in [-0.15, -0.1) is 0 Å². The van der Waals surface area contributed by atoms with Crippen LogP contribution in [0.1, 0.15) is 29.2 Å². The van der Waals surface area contributed by atoms with Gasteiger partial charge < -0.3 is 9.80 Å². The number of carbonyl (C=O) groups is 1. The van der Waals surface area contributed by atoms with E-state index in [0.29, 0.717) is 25.4 Å².